The van der Waals surface area contributed by atoms with Crippen molar-refractivity contribution in [1.29, 1.82) is 0 Å². The van der Waals surface area contributed by atoms with Crippen LogP contribution < -0.4 is 11.1 Å². The lowest BCUT2D eigenvalue weighted by Gasteiger charge is -2.21. The van der Waals surface area contributed by atoms with Crippen LogP contribution in [0.25, 0.3) is 0 Å². The van der Waals surface area contributed by atoms with Crippen LogP contribution in [0.4, 0.5) is 5.69 Å². The Bertz CT molecular complexity index is 628. The number of para-hydroxylation sites is 1. The molecule has 2 aromatic carbocycles. The second-order valence-corrected chi connectivity index (χ2v) is 5.40. The largest absolute Gasteiger partial charge is 0.378 e. The van der Waals surface area contributed by atoms with Gasteiger partial charge in [-0.25, -0.2) is 0 Å². The maximum absolute atomic E-state index is 11.2. The molecule has 0 heterocycles. The monoisotopic (exact) mass is 302 g/mol. The van der Waals surface area contributed by atoms with Crippen molar-refractivity contribution in [2.24, 2.45) is 5.73 Å². The SMILES string of the molecule is CCC(Nc1ccccc1CC(N)=O)c1cccc(Cl)c1. The number of primary amides is 1. The lowest BCUT2D eigenvalue weighted by molar-refractivity contribution is -0.117. The third-order valence-electron chi connectivity index (χ3n) is 3.37. The summed E-state index contributed by atoms with van der Waals surface area (Å²) in [6.45, 7) is 2.11. The summed E-state index contributed by atoms with van der Waals surface area (Å²) in [5.74, 6) is -0.333. The fraction of sp³-hybridized carbons (Fsp3) is 0.235. The molecule has 4 heteroatoms. The molecule has 0 saturated heterocycles. The molecule has 0 fully saturated rings. The van der Waals surface area contributed by atoms with Gasteiger partial charge in [0.05, 0.1) is 12.5 Å². The molecule has 2 rings (SSSR count). The molecule has 0 aliphatic rings. The molecule has 1 atom stereocenters. The van der Waals surface area contributed by atoms with Crippen LogP contribution in [0.1, 0.15) is 30.5 Å². The smallest absolute Gasteiger partial charge is 0.221 e. The summed E-state index contributed by atoms with van der Waals surface area (Å²) in [6, 6.07) is 15.7. The molecular weight excluding hydrogens is 284 g/mol. The molecule has 0 aliphatic carbocycles. The Morgan fingerprint density at radius 2 is 2.00 bits per heavy atom. The van der Waals surface area contributed by atoms with Gasteiger partial charge in [-0.05, 0) is 35.7 Å². The number of anilines is 1. The summed E-state index contributed by atoms with van der Waals surface area (Å²) in [4.78, 5) is 11.2. The van der Waals surface area contributed by atoms with E-state index >= 15 is 0 Å². The first-order valence-electron chi connectivity index (χ1n) is 6.98. The molecule has 0 radical (unpaired) electrons. The van der Waals surface area contributed by atoms with Crippen LogP contribution in [0.5, 0.6) is 0 Å². The second-order valence-electron chi connectivity index (χ2n) is 4.96. The van der Waals surface area contributed by atoms with E-state index in [0.29, 0.717) is 0 Å². The molecule has 1 unspecified atom stereocenters. The minimum atomic E-state index is -0.333. The summed E-state index contributed by atoms with van der Waals surface area (Å²) < 4.78 is 0. The first-order chi connectivity index (χ1) is 10.1. The molecule has 3 nitrogen and oxygen atoms in total. The maximum Gasteiger partial charge on any atom is 0.221 e. The number of amides is 1. The molecule has 0 aromatic heterocycles. The number of nitrogens with two attached hydrogens (primary N) is 1. The normalized spacial score (nSPS) is 11.9. The zero-order chi connectivity index (χ0) is 15.2. The molecule has 0 saturated carbocycles. The highest BCUT2D eigenvalue weighted by atomic mass is 35.5. The van der Waals surface area contributed by atoms with Gasteiger partial charge < -0.3 is 11.1 Å². The first kappa shape index (κ1) is 15.4. The summed E-state index contributed by atoms with van der Waals surface area (Å²) in [7, 11) is 0. The zero-order valence-corrected chi connectivity index (χ0v) is 12.7. The highest BCUT2D eigenvalue weighted by Crippen LogP contribution is 2.26. The van der Waals surface area contributed by atoms with Gasteiger partial charge in [0.1, 0.15) is 0 Å². The van der Waals surface area contributed by atoms with Gasteiger partial charge in [-0.3, -0.25) is 4.79 Å². The lowest BCUT2D eigenvalue weighted by Crippen LogP contribution is -2.16. The zero-order valence-electron chi connectivity index (χ0n) is 12.0. The van der Waals surface area contributed by atoms with Gasteiger partial charge >= 0.3 is 0 Å². The molecule has 2 aromatic rings. The fourth-order valence-corrected chi connectivity index (χ4v) is 2.53. The van der Waals surface area contributed by atoms with Crippen LogP contribution in [-0.4, -0.2) is 5.91 Å². The minimum absolute atomic E-state index is 0.137. The molecule has 110 valence electrons. The number of carbonyl (C=O) groups is 1. The average Bonchev–Trinajstić information content (AvgIpc) is 2.45. The third-order valence-corrected chi connectivity index (χ3v) is 3.61. The van der Waals surface area contributed by atoms with E-state index in [2.05, 4.69) is 12.2 Å². The van der Waals surface area contributed by atoms with Crippen molar-refractivity contribution in [2.75, 3.05) is 5.32 Å². The maximum atomic E-state index is 11.2. The van der Waals surface area contributed by atoms with Gasteiger partial charge in [-0.15, -0.1) is 0 Å². The predicted molar refractivity (Wildman–Crippen MR) is 87.4 cm³/mol. The molecule has 0 aliphatic heterocycles. The van der Waals surface area contributed by atoms with E-state index in [1.165, 1.54) is 0 Å². The van der Waals surface area contributed by atoms with Gasteiger partial charge in [0.2, 0.25) is 5.91 Å². The number of nitrogens with one attached hydrogen (secondary N) is 1. The number of hydrogen-bond acceptors (Lipinski definition) is 2. The Balaban J connectivity index is 2.25. The summed E-state index contributed by atoms with van der Waals surface area (Å²) in [5.41, 5.74) is 8.27. The summed E-state index contributed by atoms with van der Waals surface area (Å²) in [6.07, 6.45) is 1.14. The quantitative estimate of drug-likeness (QED) is 0.849. The molecule has 3 N–H and O–H groups in total. The Kier molecular flexibility index (Phi) is 5.23. The van der Waals surface area contributed by atoms with E-state index < -0.39 is 0 Å². The number of hydrogen-bond donors (Lipinski definition) is 2. The van der Waals surface area contributed by atoms with Gasteiger partial charge in [0.15, 0.2) is 0 Å². The van der Waals surface area contributed by atoms with E-state index in [1.807, 2.05) is 48.5 Å². The highest BCUT2D eigenvalue weighted by molar-refractivity contribution is 6.30. The molecular formula is C17H19ClN2O. The van der Waals surface area contributed by atoms with Crippen molar-refractivity contribution >= 4 is 23.2 Å². The van der Waals surface area contributed by atoms with Crippen LogP contribution in [0, 0.1) is 0 Å². The molecule has 21 heavy (non-hydrogen) atoms. The van der Waals surface area contributed by atoms with Crippen molar-refractivity contribution in [2.45, 2.75) is 25.8 Å². The van der Waals surface area contributed by atoms with Crippen LogP contribution in [0.15, 0.2) is 48.5 Å². The second kappa shape index (κ2) is 7.14. The van der Waals surface area contributed by atoms with Crippen LogP contribution in [-0.2, 0) is 11.2 Å². The number of benzene rings is 2. The lowest BCUT2D eigenvalue weighted by atomic mass is 10.0. The summed E-state index contributed by atoms with van der Waals surface area (Å²) >= 11 is 6.06. The van der Waals surface area contributed by atoms with E-state index in [4.69, 9.17) is 17.3 Å². The number of halogens is 1. The Hall–Kier alpha value is -2.00. The van der Waals surface area contributed by atoms with Crippen LogP contribution in [0.2, 0.25) is 5.02 Å². The topological polar surface area (TPSA) is 55.1 Å². The van der Waals surface area contributed by atoms with E-state index in [-0.39, 0.29) is 18.4 Å². The highest BCUT2D eigenvalue weighted by Gasteiger charge is 2.12. The molecule has 0 spiro atoms. The van der Waals surface area contributed by atoms with Crippen LogP contribution in [0.3, 0.4) is 0 Å². The van der Waals surface area contributed by atoms with E-state index in [0.717, 1.165) is 28.3 Å². The first-order valence-corrected chi connectivity index (χ1v) is 7.36. The van der Waals surface area contributed by atoms with Gasteiger partial charge in [0, 0.05) is 10.7 Å². The standard InChI is InChI=1S/C17H19ClN2O/c1-2-15(12-7-5-8-14(18)10-12)20-16-9-4-3-6-13(16)11-17(19)21/h3-10,15,20H,2,11H2,1H3,(H2,19,21). The Morgan fingerprint density at radius 1 is 1.24 bits per heavy atom. The molecule has 0 bridgehead atoms. The number of rotatable bonds is 6. The third kappa shape index (κ3) is 4.23. The average molecular weight is 303 g/mol. The predicted octanol–water partition coefficient (Wildman–Crippen LogP) is 3.93. The van der Waals surface area contributed by atoms with Crippen molar-refractivity contribution in [3.63, 3.8) is 0 Å². The van der Waals surface area contributed by atoms with Crippen molar-refractivity contribution in [1.82, 2.24) is 0 Å². The number of carbonyl (C=O) groups excluding carboxylic acids is 1. The Morgan fingerprint density at radius 3 is 2.67 bits per heavy atom. The van der Waals surface area contributed by atoms with Gasteiger partial charge in [-0.1, -0.05) is 48.9 Å². The van der Waals surface area contributed by atoms with Crippen molar-refractivity contribution in [3.05, 3.63) is 64.7 Å². The van der Waals surface area contributed by atoms with Crippen molar-refractivity contribution in [3.8, 4) is 0 Å². The van der Waals surface area contributed by atoms with Crippen molar-refractivity contribution < 1.29 is 4.79 Å². The van der Waals surface area contributed by atoms with E-state index in [9.17, 15) is 4.79 Å². The van der Waals surface area contributed by atoms with Gasteiger partial charge in [-0.2, -0.15) is 0 Å². The fourth-order valence-electron chi connectivity index (χ4n) is 2.34. The van der Waals surface area contributed by atoms with Crippen LogP contribution >= 0.6 is 11.6 Å². The summed E-state index contributed by atoms with van der Waals surface area (Å²) in [5, 5.41) is 4.20. The van der Waals surface area contributed by atoms with E-state index in [1.54, 1.807) is 0 Å². The Labute approximate surface area is 130 Å². The van der Waals surface area contributed by atoms with Gasteiger partial charge in [0.25, 0.3) is 0 Å². The molecule has 1 amide bonds. The minimum Gasteiger partial charge on any atom is -0.378 e.